The van der Waals surface area contributed by atoms with E-state index in [1.807, 2.05) is 0 Å². The molecule has 4 nitrogen and oxygen atoms in total. The normalized spacial score (nSPS) is 16.6. The molecule has 28 heavy (non-hydrogen) atoms. The average molecular weight is 433 g/mol. The number of aliphatic imine (C=N–C) groups is 1. The molecular weight excluding hydrogens is 423 g/mol. The number of amidine groups is 1. The van der Waals surface area contributed by atoms with Crippen molar-refractivity contribution in [2.24, 2.45) is 4.99 Å². The van der Waals surface area contributed by atoms with Crippen LogP contribution in [-0.4, -0.2) is 16.9 Å². The topological polar surface area (TPSA) is 61.7 Å². The van der Waals surface area contributed by atoms with Crippen LogP contribution in [0.2, 0.25) is 5.02 Å². The van der Waals surface area contributed by atoms with Crippen LogP contribution in [0.5, 0.6) is 0 Å². The highest BCUT2D eigenvalue weighted by Gasteiger charge is 2.31. The van der Waals surface area contributed by atoms with Gasteiger partial charge in [-0.15, -0.1) is 0 Å². The molecule has 10 heteroatoms. The molecule has 0 fully saturated rings. The molecule has 0 saturated heterocycles. The Bertz CT molecular complexity index is 1020. The van der Waals surface area contributed by atoms with Gasteiger partial charge in [0.2, 0.25) is 0 Å². The number of halogens is 6. The first kappa shape index (κ1) is 20.2. The number of hydrogen-bond acceptors (Lipinski definition) is 3. The molecule has 0 aromatic heterocycles. The van der Waals surface area contributed by atoms with Gasteiger partial charge in [-0.05, 0) is 17.7 Å². The maximum atomic E-state index is 14.2. The SMILES string of the molecule is O=C(O)CC1=C(Cl)NC(c2c(F)cc(F)cc2F)=NC1c1ccc(F)cc1Cl. The molecule has 1 aliphatic rings. The van der Waals surface area contributed by atoms with Gasteiger partial charge in [-0.1, -0.05) is 29.3 Å². The summed E-state index contributed by atoms with van der Waals surface area (Å²) in [6.07, 6.45) is -0.560. The molecule has 0 spiro atoms. The molecule has 2 aromatic rings. The Kier molecular flexibility index (Phi) is 5.62. The van der Waals surface area contributed by atoms with Crippen LogP contribution in [-0.2, 0) is 4.79 Å². The summed E-state index contributed by atoms with van der Waals surface area (Å²) in [6, 6.07) is 3.10. The minimum Gasteiger partial charge on any atom is -0.481 e. The molecule has 1 atom stereocenters. The molecule has 0 saturated carbocycles. The summed E-state index contributed by atoms with van der Waals surface area (Å²) >= 11 is 12.2. The summed E-state index contributed by atoms with van der Waals surface area (Å²) in [4.78, 5) is 15.3. The summed E-state index contributed by atoms with van der Waals surface area (Å²) in [7, 11) is 0. The van der Waals surface area contributed by atoms with Crippen molar-refractivity contribution in [1.82, 2.24) is 5.32 Å². The van der Waals surface area contributed by atoms with E-state index in [2.05, 4.69) is 10.3 Å². The lowest BCUT2D eigenvalue weighted by Crippen LogP contribution is -2.31. The Morgan fingerprint density at radius 3 is 2.29 bits per heavy atom. The lowest BCUT2D eigenvalue weighted by molar-refractivity contribution is -0.136. The number of rotatable bonds is 4. The van der Waals surface area contributed by atoms with Crippen LogP contribution in [0.15, 0.2) is 46.1 Å². The summed E-state index contributed by atoms with van der Waals surface area (Å²) in [6.45, 7) is 0. The molecule has 1 heterocycles. The fourth-order valence-corrected chi connectivity index (χ4v) is 3.29. The molecule has 2 N–H and O–H groups in total. The monoisotopic (exact) mass is 432 g/mol. The summed E-state index contributed by atoms with van der Waals surface area (Å²) in [5.74, 6) is -5.87. The third-order valence-electron chi connectivity index (χ3n) is 3.94. The van der Waals surface area contributed by atoms with Gasteiger partial charge in [-0.2, -0.15) is 0 Å². The summed E-state index contributed by atoms with van der Waals surface area (Å²) in [5.41, 5.74) is -0.453. The third-order valence-corrected chi connectivity index (χ3v) is 4.61. The summed E-state index contributed by atoms with van der Waals surface area (Å²) < 4.78 is 54.9. The van der Waals surface area contributed by atoms with Crippen LogP contribution >= 0.6 is 23.2 Å². The molecule has 0 amide bonds. The van der Waals surface area contributed by atoms with Crippen molar-refractivity contribution in [2.75, 3.05) is 0 Å². The number of aliphatic carboxylic acids is 1. The van der Waals surface area contributed by atoms with E-state index >= 15 is 0 Å². The smallest absolute Gasteiger partial charge is 0.307 e. The van der Waals surface area contributed by atoms with Crippen molar-refractivity contribution in [3.8, 4) is 0 Å². The molecule has 1 aliphatic heterocycles. The second kappa shape index (κ2) is 7.81. The third kappa shape index (κ3) is 3.98. The fraction of sp³-hybridized carbons (Fsp3) is 0.111. The highest BCUT2D eigenvalue weighted by molar-refractivity contribution is 6.32. The van der Waals surface area contributed by atoms with Gasteiger partial charge in [0.1, 0.15) is 40.3 Å². The first-order chi connectivity index (χ1) is 13.2. The van der Waals surface area contributed by atoms with E-state index in [1.54, 1.807) is 0 Å². The Hall–Kier alpha value is -2.58. The van der Waals surface area contributed by atoms with E-state index in [9.17, 15) is 22.4 Å². The van der Waals surface area contributed by atoms with Gasteiger partial charge in [0.05, 0.1) is 12.0 Å². The van der Waals surface area contributed by atoms with Crippen LogP contribution < -0.4 is 5.32 Å². The zero-order valence-electron chi connectivity index (χ0n) is 13.7. The van der Waals surface area contributed by atoms with Gasteiger partial charge in [-0.3, -0.25) is 9.79 Å². The number of benzene rings is 2. The van der Waals surface area contributed by atoms with E-state index in [4.69, 9.17) is 28.3 Å². The van der Waals surface area contributed by atoms with Gasteiger partial charge in [0.25, 0.3) is 0 Å². The minimum atomic E-state index is -1.24. The molecule has 0 radical (unpaired) electrons. The van der Waals surface area contributed by atoms with Crippen LogP contribution in [0.3, 0.4) is 0 Å². The van der Waals surface area contributed by atoms with Crippen molar-refractivity contribution in [3.05, 3.63) is 80.5 Å². The Morgan fingerprint density at radius 1 is 1.07 bits per heavy atom. The molecule has 3 rings (SSSR count). The second-order valence-corrected chi connectivity index (χ2v) is 6.61. The number of carboxylic acid groups (broad SMARTS) is 1. The lowest BCUT2D eigenvalue weighted by atomic mass is 9.95. The van der Waals surface area contributed by atoms with E-state index in [0.29, 0.717) is 12.1 Å². The zero-order chi connectivity index (χ0) is 20.6. The van der Waals surface area contributed by atoms with Crippen molar-refractivity contribution >= 4 is 35.0 Å². The largest absolute Gasteiger partial charge is 0.481 e. The summed E-state index contributed by atoms with van der Waals surface area (Å²) in [5, 5.41) is 11.3. The Balaban J connectivity index is 2.18. The Morgan fingerprint density at radius 2 is 1.71 bits per heavy atom. The standard InChI is InChI=1S/C18H10Cl2F4N2O2/c19-11-3-7(21)1-2-9(11)16-10(6-14(27)28)17(20)26-18(25-16)15-12(23)4-8(22)5-13(15)24/h1-5,16H,6H2,(H,25,26)(H,27,28). The highest BCUT2D eigenvalue weighted by atomic mass is 35.5. The number of hydrogen-bond donors (Lipinski definition) is 2. The van der Waals surface area contributed by atoms with Crippen LogP contribution in [0, 0.1) is 23.3 Å². The van der Waals surface area contributed by atoms with Crippen LogP contribution in [0.25, 0.3) is 0 Å². The lowest BCUT2D eigenvalue weighted by Gasteiger charge is -2.26. The molecule has 0 aliphatic carbocycles. The molecule has 2 aromatic carbocycles. The van der Waals surface area contributed by atoms with Crippen molar-refractivity contribution < 1.29 is 27.5 Å². The van der Waals surface area contributed by atoms with Gasteiger partial charge >= 0.3 is 5.97 Å². The van der Waals surface area contributed by atoms with Crippen molar-refractivity contribution in [3.63, 3.8) is 0 Å². The number of carbonyl (C=O) groups is 1. The van der Waals surface area contributed by atoms with Gasteiger partial charge in [0, 0.05) is 22.7 Å². The predicted molar refractivity (Wildman–Crippen MR) is 95.3 cm³/mol. The number of carboxylic acids is 1. The maximum absolute atomic E-state index is 14.2. The van der Waals surface area contributed by atoms with Gasteiger partial charge in [-0.25, -0.2) is 17.6 Å². The van der Waals surface area contributed by atoms with Crippen molar-refractivity contribution in [1.29, 1.82) is 0 Å². The average Bonchev–Trinajstić information content (AvgIpc) is 2.56. The van der Waals surface area contributed by atoms with E-state index in [0.717, 1.165) is 12.1 Å². The molecular formula is C18H10Cl2F4N2O2. The van der Waals surface area contributed by atoms with E-state index in [1.165, 1.54) is 6.07 Å². The van der Waals surface area contributed by atoms with E-state index < -0.39 is 47.3 Å². The zero-order valence-corrected chi connectivity index (χ0v) is 15.3. The fourth-order valence-electron chi connectivity index (χ4n) is 2.76. The number of nitrogens with one attached hydrogen (secondary N) is 1. The van der Waals surface area contributed by atoms with Crippen LogP contribution in [0.4, 0.5) is 17.6 Å². The Labute approximate surface area is 166 Å². The minimum absolute atomic E-state index is 0.0503. The van der Waals surface area contributed by atoms with Gasteiger partial charge < -0.3 is 10.4 Å². The first-order valence-electron chi connectivity index (χ1n) is 7.72. The van der Waals surface area contributed by atoms with Crippen molar-refractivity contribution in [2.45, 2.75) is 12.5 Å². The maximum Gasteiger partial charge on any atom is 0.307 e. The van der Waals surface area contributed by atoms with Gasteiger partial charge in [0.15, 0.2) is 0 Å². The van der Waals surface area contributed by atoms with E-state index in [-0.39, 0.29) is 27.2 Å². The second-order valence-electron chi connectivity index (χ2n) is 5.83. The highest BCUT2D eigenvalue weighted by Crippen LogP contribution is 2.38. The van der Waals surface area contributed by atoms with Crippen LogP contribution in [0.1, 0.15) is 23.6 Å². The predicted octanol–water partition coefficient (Wildman–Crippen LogP) is 4.91. The number of nitrogens with zero attached hydrogens (tertiary/aromatic N) is 1. The molecule has 0 bridgehead atoms. The molecule has 1 unspecified atom stereocenters. The first-order valence-corrected chi connectivity index (χ1v) is 8.48. The molecule has 146 valence electrons. The quantitative estimate of drug-likeness (QED) is 0.532.